The van der Waals surface area contributed by atoms with E-state index in [-0.39, 0.29) is 0 Å². The molecule has 2 aliphatic heterocycles. The molecule has 1 aromatic rings. The molecular formula is C17H28N2O2S. The zero-order chi connectivity index (χ0) is 15.4. The van der Waals surface area contributed by atoms with Crippen molar-refractivity contribution >= 4 is 11.3 Å². The number of hydrogen-bond donors (Lipinski definition) is 0. The van der Waals surface area contributed by atoms with Crippen molar-refractivity contribution < 1.29 is 9.47 Å². The Balaban J connectivity index is 1.41. The molecule has 0 N–H and O–H groups in total. The van der Waals surface area contributed by atoms with E-state index in [4.69, 9.17) is 9.47 Å². The first-order chi connectivity index (χ1) is 10.7. The number of thiophene rings is 1. The number of likely N-dealkylation sites (tertiary alicyclic amines) is 1. The van der Waals surface area contributed by atoms with Crippen LogP contribution in [0, 0.1) is 0 Å². The van der Waals surface area contributed by atoms with Crippen molar-refractivity contribution in [3.8, 4) is 0 Å². The highest BCUT2D eigenvalue weighted by Crippen LogP contribution is 2.33. The van der Waals surface area contributed by atoms with Crippen LogP contribution in [0.2, 0.25) is 0 Å². The van der Waals surface area contributed by atoms with Gasteiger partial charge in [0.1, 0.15) is 0 Å². The first-order valence-electron chi connectivity index (χ1n) is 8.37. The van der Waals surface area contributed by atoms with Crippen LogP contribution in [-0.2, 0) is 16.0 Å². The van der Waals surface area contributed by atoms with E-state index in [9.17, 15) is 0 Å². The summed E-state index contributed by atoms with van der Waals surface area (Å²) in [6.07, 6.45) is 4.26. The zero-order valence-corrected chi connectivity index (χ0v) is 14.6. The monoisotopic (exact) mass is 324 g/mol. The SMILES string of the molecule is CN(C)CCOC[C@@H]1CC[C@H]2[C@H](CCN2Cc2cccs2)O1. The van der Waals surface area contributed by atoms with E-state index in [0.717, 1.165) is 32.7 Å². The van der Waals surface area contributed by atoms with E-state index in [1.165, 1.54) is 24.3 Å². The Morgan fingerprint density at radius 3 is 3.05 bits per heavy atom. The summed E-state index contributed by atoms with van der Waals surface area (Å²) < 4.78 is 12.1. The van der Waals surface area contributed by atoms with E-state index >= 15 is 0 Å². The first kappa shape index (κ1) is 16.4. The molecular weight excluding hydrogens is 296 g/mol. The topological polar surface area (TPSA) is 24.9 Å². The van der Waals surface area contributed by atoms with Gasteiger partial charge in [-0.15, -0.1) is 11.3 Å². The Bertz CT molecular complexity index is 438. The van der Waals surface area contributed by atoms with Crippen LogP contribution in [0.15, 0.2) is 17.5 Å². The van der Waals surface area contributed by atoms with Crippen LogP contribution in [-0.4, -0.2) is 68.4 Å². The lowest BCUT2D eigenvalue weighted by Gasteiger charge is -2.36. The van der Waals surface area contributed by atoms with Gasteiger partial charge in [0, 0.05) is 30.6 Å². The minimum Gasteiger partial charge on any atom is -0.377 e. The van der Waals surface area contributed by atoms with Gasteiger partial charge in [0.2, 0.25) is 0 Å². The molecule has 4 nitrogen and oxygen atoms in total. The van der Waals surface area contributed by atoms with Gasteiger partial charge >= 0.3 is 0 Å². The molecule has 5 heteroatoms. The standard InChI is InChI=1S/C17H28N2O2S/c1-18(2)9-10-20-13-14-5-6-16-17(21-14)7-8-19(16)12-15-4-3-11-22-15/h3-4,11,14,16-17H,5-10,12-13H2,1-2H3/t14-,16-,17-/m0/s1. The van der Waals surface area contributed by atoms with Crippen LogP contribution in [0.25, 0.3) is 0 Å². The van der Waals surface area contributed by atoms with E-state index in [2.05, 4.69) is 41.4 Å². The third-order valence-corrected chi connectivity index (χ3v) is 5.54. The minimum atomic E-state index is 0.296. The summed E-state index contributed by atoms with van der Waals surface area (Å²) in [6, 6.07) is 5.00. The Hall–Kier alpha value is -0.460. The van der Waals surface area contributed by atoms with E-state index in [1.54, 1.807) is 0 Å². The maximum atomic E-state index is 6.29. The third kappa shape index (κ3) is 4.30. The Labute approximate surface area is 138 Å². The molecule has 0 bridgehead atoms. The average Bonchev–Trinajstić information content (AvgIpc) is 3.14. The third-order valence-electron chi connectivity index (χ3n) is 4.68. The second kappa shape index (κ2) is 7.88. The lowest BCUT2D eigenvalue weighted by atomic mass is 9.99. The molecule has 0 aromatic carbocycles. The normalized spacial score (nSPS) is 29.1. The number of likely N-dealkylation sites (N-methyl/N-ethyl adjacent to an activating group) is 1. The summed E-state index contributed by atoms with van der Waals surface area (Å²) in [4.78, 5) is 6.23. The molecule has 0 amide bonds. The van der Waals surface area contributed by atoms with Gasteiger partial charge in [-0.1, -0.05) is 6.07 Å². The first-order valence-corrected chi connectivity index (χ1v) is 9.24. The molecule has 124 valence electrons. The van der Waals surface area contributed by atoms with E-state index < -0.39 is 0 Å². The number of fused-ring (bicyclic) bond motifs is 1. The van der Waals surface area contributed by atoms with Crippen LogP contribution in [0.1, 0.15) is 24.1 Å². The molecule has 0 saturated carbocycles. The Morgan fingerprint density at radius 2 is 2.27 bits per heavy atom. The minimum absolute atomic E-state index is 0.296. The second-order valence-corrected chi connectivity index (χ2v) is 7.69. The second-order valence-electron chi connectivity index (χ2n) is 6.66. The van der Waals surface area contributed by atoms with Crippen LogP contribution in [0.4, 0.5) is 0 Å². The molecule has 1 aromatic heterocycles. The van der Waals surface area contributed by atoms with Gasteiger partial charge in [0.25, 0.3) is 0 Å². The fraction of sp³-hybridized carbons (Fsp3) is 0.765. The van der Waals surface area contributed by atoms with E-state index in [1.807, 2.05) is 11.3 Å². The zero-order valence-electron chi connectivity index (χ0n) is 13.7. The van der Waals surface area contributed by atoms with Crippen LogP contribution in [0.3, 0.4) is 0 Å². The summed E-state index contributed by atoms with van der Waals surface area (Å²) in [5.74, 6) is 0. The highest BCUT2D eigenvalue weighted by Gasteiger charge is 2.39. The summed E-state index contributed by atoms with van der Waals surface area (Å²) in [7, 11) is 4.15. The highest BCUT2D eigenvalue weighted by molar-refractivity contribution is 7.09. The largest absolute Gasteiger partial charge is 0.377 e. The molecule has 2 aliphatic rings. The Kier molecular flexibility index (Phi) is 5.88. The van der Waals surface area contributed by atoms with Gasteiger partial charge in [-0.2, -0.15) is 0 Å². The van der Waals surface area contributed by atoms with Gasteiger partial charge < -0.3 is 14.4 Å². The summed E-state index contributed by atoms with van der Waals surface area (Å²) in [5, 5.41) is 2.17. The summed E-state index contributed by atoms with van der Waals surface area (Å²) in [5.41, 5.74) is 0. The van der Waals surface area contributed by atoms with Crippen LogP contribution < -0.4 is 0 Å². The van der Waals surface area contributed by atoms with Crippen molar-refractivity contribution in [3.63, 3.8) is 0 Å². The molecule has 3 rings (SSSR count). The molecule has 3 heterocycles. The summed E-state index contributed by atoms with van der Waals surface area (Å²) in [6.45, 7) is 4.79. The van der Waals surface area contributed by atoms with Gasteiger partial charge in [-0.3, -0.25) is 4.90 Å². The molecule has 0 spiro atoms. The number of rotatable bonds is 7. The Morgan fingerprint density at radius 1 is 1.36 bits per heavy atom. The fourth-order valence-electron chi connectivity index (χ4n) is 3.47. The lowest BCUT2D eigenvalue weighted by Crippen LogP contribution is -2.43. The maximum absolute atomic E-state index is 6.29. The summed E-state index contributed by atoms with van der Waals surface area (Å²) >= 11 is 1.86. The van der Waals surface area contributed by atoms with Crippen LogP contribution in [0.5, 0.6) is 0 Å². The number of nitrogens with zero attached hydrogens (tertiary/aromatic N) is 2. The lowest BCUT2D eigenvalue weighted by molar-refractivity contribution is -0.100. The van der Waals surface area contributed by atoms with Crippen molar-refractivity contribution in [2.24, 2.45) is 0 Å². The maximum Gasteiger partial charge on any atom is 0.0813 e. The van der Waals surface area contributed by atoms with Crippen molar-refractivity contribution in [2.45, 2.75) is 44.1 Å². The van der Waals surface area contributed by atoms with Crippen molar-refractivity contribution in [3.05, 3.63) is 22.4 Å². The number of hydrogen-bond acceptors (Lipinski definition) is 5. The molecule has 0 aliphatic carbocycles. The molecule has 0 unspecified atom stereocenters. The fourth-order valence-corrected chi connectivity index (χ4v) is 4.20. The van der Waals surface area contributed by atoms with Gasteiger partial charge in [0.15, 0.2) is 0 Å². The predicted octanol–water partition coefficient (Wildman–Crippen LogP) is 2.45. The molecule has 0 radical (unpaired) electrons. The molecule has 2 saturated heterocycles. The van der Waals surface area contributed by atoms with Crippen molar-refractivity contribution in [2.75, 3.05) is 40.4 Å². The van der Waals surface area contributed by atoms with Gasteiger partial charge in [-0.05, 0) is 44.8 Å². The molecule has 22 heavy (non-hydrogen) atoms. The smallest absolute Gasteiger partial charge is 0.0813 e. The average molecular weight is 324 g/mol. The van der Waals surface area contributed by atoms with Crippen molar-refractivity contribution in [1.82, 2.24) is 9.80 Å². The van der Waals surface area contributed by atoms with E-state index in [0.29, 0.717) is 18.2 Å². The van der Waals surface area contributed by atoms with Gasteiger partial charge in [0.05, 0.1) is 25.4 Å². The van der Waals surface area contributed by atoms with Crippen LogP contribution >= 0.6 is 11.3 Å². The quantitative estimate of drug-likeness (QED) is 0.719. The van der Waals surface area contributed by atoms with Gasteiger partial charge in [-0.25, -0.2) is 0 Å². The number of ether oxygens (including phenoxy) is 2. The molecule has 2 fully saturated rings. The molecule has 3 atom stereocenters. The predicted molar refractivity (Wildman–Crippen MR) is 90.4 cm³/mol. The highest BCUT2D eigenvalue weighted by atomic mass is 32.1. The van der Waals surface area contributed by atoms with Crippen molar-refractivity contribution in [1.29, 1.82) is 0 Å².